The fraction of sp³-hybridized carbons (Fsp3) is 0.429. The van der Waals surface area contributed by atoms with Crippen molar-refractivity contribution in [1.29, 1.82) is 0 Å². The summed E-state index contributed by atoms with van der Waals surface area (Å²) in [5, 5.41) is 6.44. The highest BCUT2D eigenvalue weighted by Crippen LogP contribution is 2.17. The number of aliphatic imine (C=N–C) groups is 1. The van der Waals surface area contributed by atoms with Gasteiger partial charge in [-0.3, -0.25) is 0 Å². The van der Waals surface area contributed by atoms with Crippen LogP contribution in [0.5, 0.6) is 5.88 Å². The van der Waals surface area contributed by atoms with Crippen molar-refractivity contribution >= 4 is 15.8 Å². The van der Waals surface area contributed by atoms with Crippen LogP contribution in [0.1, 0.15) is 31.4 Å². The number of ether oxygens (including phenoxy) is 1. The molecule has 0 spiro atoms. The average Bonchev–Trinajstić information content (AvgIpc) is 2.70. The van der Waals surface area contributed by atoms with Gasteiger partial charge in [-0.15, -0.1) is 0 Å². The van der Waals surface area contributed by atoms with Gasteiger partial charge in [0.1, 0.15) is 16.4 Å². The molecule has 1 aromatic heterocycles. The van der Waals surface area contributed by atoms with E-state index in [0.29, 0.717) is 38.0 Å². The Morgan fingerprint density at radius 2 is 1.97 bits per heavy atom. The van der Waals surface area contributed by atoms with E-state index >= 15 is 0 Å². The lowest BCUT2D eigenvalue weighted by Crippen LogP contribution is -2.42. The van der Waals surface area contributed by atoms with Gasteiger partial charge in [0.05, 0.1) is 12.3 Å². The largest absolute Gasteiger partial charge is 0.473 e. The van der Waals surface area contributed by atoms with E-state index in [2.05, 4.69) is 20.6 Å². The molecule has 0 saturated carbocycles. The lowest BCUT2D eigenvalue weighted by molar-refractivity contribution is 0.290. The molecule has 7 nitrogen and oxygen atoms in total. The molecule has 2 aromatic rings. The van der Waals surface area contributed by atoms with E-state index in [0.717, 1.165) is 11.1 Å². The Hall–Kier alpha value is -2.61. The second-order valence-electron chi connectivity index (χ2n) is 6.90. The third kappa shape index (κ3) is 8.95. The van der Waals surface area contributed by atoms with Crippen LogP contribution in [0.3, 0.4) is 0 Å². The number of benzene rings is 1. The number of pyridine rings is 1. The van der Waals surface area contributed by atoms with Crippen LogP contribution in [0, 0.1) is 0 Å². The number of sulfone groups is 1. The molecule has 0 aliphatic rings. The first-order valence-corrected chi connectivity index (χ1v) is 11.8. The van der Waals surface area contributed by atoms with Gasteiger partial charge in [0.25, 0.3) is 0 Å². The van der Waals surface area contributed by atoms with Crippen molar-refractivity contribution in [3.63, 3.8) is 0 Å². The molecule has 29 heavy (non-hydrogen) atoms. The maximum absolute atomic E-state index is 11.4. The molecule has 1 unspecified atom stereocenters. The van der Waals surface area contributed by atoms with Crippen molar-refractivity contribution in [2.24, 2.45) is 4.99 Å². The van der Waals surface area contributed by atoms with Crippen LogP contribution < -0.4 is 15.4 Å². The molecule has 1 aromatic carbocycles. The van der Waals surface area contributed by atoms with E-state index < -0.39 is 9.84 Å². The van der Waals surface area contributed by atoms with Gasteiger partial charge in [0, 0.05) is 30.6 Å². The van der Waals surface area contributed by atoms with Crippen LogP contribution in [0.4, 0.5) is 0 Å². The first-order chi connectivity index (χ1) is 13.9. The Balaban J connectivity index is 2.00. The van der Waals surface area contributed by atoms with Crippen LogP contribution >= 0.6 is 0 Å². The predicted molar refractivity (Wildman–Crippen MR) is 117 cm³/mol. The minimum atomic E-state index is -2.98. The molecule has 1 atom stereocenters. The summed E-state index contributed by atoms with van der Waals surface area (Å²) in [5.74, 6) is 1.33. The third-order valence-electron chi connectivity index (χ3n) is 4.12. The van der Waals surface area contributed by atoms with E-state index in [4.69, 9.17) is 4.74 Å². The molecule has 1 heterocycles. The average molecular weight is 419 g/mol. The summed E-state index contributed by atoms with van der Waals surface area (Å²) in [5.41, 5.74) is 1.95. The predicted octanol–water partition coefficient (Wildman–Crippen LogP) is 2.54. The lowest BCUT2D eigenvalue weighted by Gasteiger charge is -2.17. The summed E-state index contributed by atoms with van der Waals surface area (Å²) in [4.78, 5) is 8.94. The summed E-state index contributed by atoms with van der Waals surface area (Å²) in [7, 11) is -2.98. The molecule has 0 aliphatic carbocycles. The SMILES string of the molecule is CCNC(=NCc1cccnc1OCc1ccccc1)NC(C)CCS(C)(=O)=O. The Labute approximate surface area is 173 Å². The maximum atomic E-state index is 11.4. The third-order valence-corrected chi connectivity index (χ3v) is 5.10. The maximum Gasteiger partial charge on any atom is 0.218 e. The molecule has 2 N–H and O–H groups in total. The highest BCUT2D eigenvalue weighted by molar-refractivity contribution is 7.90. The minimum absolute atomic E-state index is 0.0229. The van der Waals surface area contributed by atoms with Crippen LogP contribution in [0.15, 0.2) is 53.7 Å². The van der Waals surface area contributed by atoms with E-state index in [1.807, 2.05) is 56.3 Å². The first-order valence-electron chi connectivity index (χ1n) is 9.70. The zero-order chi connectivity index (χ0) is 21.1. The van der Waals surface area contributed by atoms with Gasteiger partial charge in [-0.1, -0.05) is 36.4 Å². The zero-order valence-corrected chi connectivity index (χ0v) is 18.1. The summed E-state index contributed by atoms with van der Waals surface area (Å²) in [6, 6.07) is 13.7. The highest BCUT2D eigenvalue weighted by Gasteiger charge is 2.10. The van der Waals surface area contributed by atoms with Gasteiger partial charge < -0.3 is 15.4 Å². The molecule has 0 fully saturated rings. The molecular formula is C21H30N4O3S. The van der Waals surface area contributed by atoms with Crippen LogP contribution in [0.2, 0.25) is 0 Å². The standard InChI is InChI=1S/C21H30N4O3S/c1-4-22-21(25-17(2)12-14-29(3,26)27)24-15-19-11-8-13-23-20(19)28-16-18-9-6-5-7-10-18/h5-11,13,17H,4,12,14-16H2,1-3H3,(H2,22,24,25). The number of guanidine groups is 1. The molecule has 0 saturated heterocycles. The number of rotatable bonds is 10. The Bertz CT molecular complexity index is 886. The van der Waals surface area contributed by atoms with Gasteiger partial charge in [-0.05, 0) is 31.9 Å². The fourth-order valence-corrected chi connectivity index (χ4v) is 3.36. The smallest absolute Gasteiger partial charge is 0.218 e. The first kappa shape index (κ1) is 22.7. The number of nitrogens with zero attached hydrogens (tertiary/aromatic N) is 2. The second kappa shape index (κ2) is 11.4. The van der Waals surface area contributed by atoms with Crippen molar-refractivity contribution < 1.29 is 13.2 Å². The summed E-state index contributed by atoms with van der Waals surface area (Å²) >= 11 is 0. The Morgan fingerprint density at radius 3 is 2.66 bits per heavy atom. The van der Waals surface area contributed by atoms with Crippen molar-refractivity contribution in [1.82, 2.24) is 15.6 Å². The monoisotopic (exact) mass is 418 g/mol. The second-order valence-corrected chi connectivity index (χ2v) is 9.16. The Morgan fingerprint density at radius 1 is 1.21 bits per heavy atom. The van der Waals surface area contributed by atoms with E-state index in [1.165, 1.54) is 6.26 Å². The van der Waals surface area contributed by atoms with Crippen LogP contribution in [0.25, 0.3) is 0 Å². The van der Waals surface area contributed by atoms with Gasteiger partial charge in [-0.25, -0.2) is 18.4 Å². The van der Waals surface area contributed by atoms with E-state index in [9.17, 15) is 8.42 Å². The molecule has 0 bridgehead atoms. The van der Waals surface area contributed by atoms with Gasteiger partial charge in [0.15, 0.2) is 5.96 Å². The van der Waals surface area contributed by atoms with E-state index in [1.54, 1.807) is 6.20 Å². The van der Waals surface area contributed by atoms with Gasteiger partial charge in [0.2, 0.25) is 5.88 Å². The minimum Gasteiger partial charge on any atom is -0.473 e. The number of hydrogen-bond acceptors (Lipinski definition) is 5. The fourth-order valence-electron chi connectivity index (χ4n) is 2.58. The topological polar surface area (TPSA) is 92.7 Å². The zero-order valence-electron chi connectivity index (χ0n) is 17.3. The summed E-state index contributed by atoms with van der Waals surface area (Å²) in [6.45, 7) is 5.46. The number of hydrogen-bond donors (Lipinski definition) is 2. The molecule has 0 radical (unpaired) electrons. The van der Waals surface area contributed by atoms with Crippen molar-refractivity contribution in [3.8, 4) is 5.88 Å². The molecule has 2 rings (SSSR count). The number of nitrogens with one attached hydrogen (secondary N) is 2. The molecule has 0 amide bonds. The van der Waals surface area contributed by atoms with Crippen molar-refractivity contribution in [2.45, 2.75) is 39.5 Å². The lowest BCUT2D eigenvalue weighted by atomic mass is 10.2. The normalized spacial score (nSPS) is 13.0. The number of aromatic nitrogens is 1. The molecule has 0 aliphatic heterocycles. The molecule has 158 valence electrons. The van der Waals surface area contributed by atoms with Gasteiger partial charge >= 0.3 is 0 Å². The van der Waals surface area contributed by atoms with Gasteiger partial charge in [-0.2, -0.15) is 0 Å². The summed E-state index contributed by atoms with van der Waals surface area (Å²) < 4.78 is 28.6. The van der Waals surface area contributed by atoms with E-state index in [-0.39, 0.29) is 11.8 Å². The molecule has 8 heteroatoms. The van der Waals surface area contributed by atoms with Crippen molar-refractivity contribution in [3.05, 3.63) is 59.8 Å². The Kier molecular flexibility index (Phi) is 8.92. The van der Waals surface area contributed by atoms with Crippen molar-refractivity contribution in [2.75, 3.05) is 18.6 Å². The van der Waals surface area contributed by atoms with Crippen LogP contribution in [-0.2, 0) is 23.0 Å². The summed E-state index contributed by atoms with van der Waals surface area (Å²) in [6.07, 6.45) is 3.46. The molecular weight excluding hydrogens is 388 g/mol. The van der Waals surface area contributed by atoms with Crippen LogP contribution in [-0.4, -0.2) is 44.0 Å². The quantitative estimate of drug-likeness (QED) is 0.455. The highest BCUT2D eigenvalue weighted by atomic mass is 32.2.